The largest absolute Gasteiger partial charge is 0.506 e. The number of urea groups is 1. The molecule has 0 aliphatic carbocycles. The van der Waals surface area contributed by atoms with Crippen LogP contribution in [-0.4, -0.2) is 93.3 Å². The van der Waals surface area contributed by atoms with E-state index in [0.717, 1.165) is 49.1 Å². The molecule has 43 heavy (non-hydrogen) atoms. The second-order valence-corrected chi connectivity index (χ2v) is 14.1. The van der Waals surface area contributed by atoms with Gasteiger partial charge in [-0.05, 0) is 133 Å². The molecule has 2 aromatic carbocycles. The molecule has 2 amide bonds. The zero-order valence-corrected chi connectivity index (χ0v) is 27.8. The predicted molar refractivity (Wildman–Crippen MR) is 177 cm³/mol. The molecule has 3 saturated heterocycles. The topological polar surface area (TPSA) is 96.8 Å². The molecular formula is C32H42Br2N6O3. The molecule has 0 saturated carbocycles. The van der Waals surface area contributed by atoms with Gasteiger partial charge in [-0.1, -0.05) is 18.6 Å². The number of imidazole rings is 1. The van der Waals surface area contributed by atoms with Crippen LogP contribution in [0.5, 0.6) is 5.75 Å². The normalized spacial score (nSPS) is 20.5. The fraction of sp³-hybridized carbons (Fsp3) is 0.562. The zero-order valence-electron chi connectivity index (χ0n) is 24.6. The molecular weight excluding hydrogens is 676 g/mol. The Kier molecular flexibility index (Phi) is 9.81. The molecule has 3 aliphatic heterocycles. The van der Waals surface area contributed by atoms with Gasteiger partial charge in [-0.3, -0.25) is 4.57 Å². The Labute approximate surface area is 269 Å². The highest BCUT2D eigenvalue weighted by atomic mass is 79.9. The number of piperidine rings is 3. The molecule has 0 radical (unpaired) electrons. The van der Waals surface area contributed by atoms with E-state index in [-0.39, 0.29) is 29.6 Å². The van der Waals surface area contributed by atoms with Crippen molar-refractivity contribution >= 4 is 48.9 Å². The Morgan fingerprint density at radius 2 is 1.58 bits per heavy atom. The summed E-state index contributed by atoms with van der Waals surface area (Å²) in [4.78, 5) is 36.4. The van der Waals surface area contributed by atoms with E-state index in [4.69, 9.17) is 0 Å². The summed E-state index contributed by atoms with van der Waals surface area (Å²) in [6.07, 6.45) is 8.50. The van der Waals surface area contributed by atoms with Gasteiger partial charge >= 0.3 is 11.7 Å². The van der Waals surface area contributed by atoms with E-state index in [1.54, 1.807) is 0 Å². The van der Waals surface area contributed by atoms with Gasteiger partial charge in [-0.25, -0.2) is 9.59 Å². The number of phenolic OH excluding ortho intramolecular Hbond substituents is 1. The third-order valence-electron chi connectivity index (χ3n) is 9.57. The highest BCUT2D eigenvalue weighted by molar-refractivity contribution is 9.11. The zero-order chi connectivity index (χ0) is 29.9. The maximum Gasteiger partial charge on any atom is 0.326 e. The first-order chi connectivity index (χ1) is 20.9. The number of nitrogens with one attached hydrogen (secondary N) is 2. The fourth-order valence-electron chi connectivity index (χ4n) is 7.27. The standard InChI is InChI=1S/C32H42Br2N6O3/c33-26-19-22(20-27(34)30(26)41)18-23(21-37-14-8-24(9-15-37)38-12-4-1-5-13-38)35-31(42)39-16-10-25(11-17-39)40-29-7-3-2-6-28(29)36-32(40)43/h2-3,6-7,19-20,23-25,41H,1,4-5,8-18,21H2,(H,35,42)(H,36,43). The Balaban J connectivity index is 1.10. The third kappa shape index (κ3) is 7.16. The van der Waals surface area contributed by atoms with Crippen molar-refractivity contribution in [2.75, 3.05) is 45.8 Å². The van der Waals surface area contributed by atoms with E-state index in [9.17, 15) is 14.7 Å². The van der Waals surface area contributed by atoms with Gasteiger partial charge in [0.2, 0.25) is 0 Å². The summed E-state index contributed by atoms with van der Waals surface area (Å²) in [6, 6.07) is 12.3. The van der Waals surface area contributed by atoms with Gasteiger partial charge < -0.3 is 30.1 Å². The molecule has 3 fully saturated rings. The highest BCUT2D eigenvalue weighted by Gasteiger charge is 2.30. The van der Waals surface area contributed by atoms with Crippen molar-refractivity contribution in [2.45, 2.75) is 69.5 Å². The van der Waals surface area contributed by atoms with Crippen molar-refractivity contribution < 1.29 is 9.90 Å². The van der Waals surface area contributed by atoms with Crippen LogP contribution < -0.4 is 11.0 Å². The molecule has 1 atom stereocenters. The van der Waals surface area contributed by atoms with E-state index < -0.39 is 0 Å². The first-order valence-electron chi connectivity index (χ1n) is 15.7. The Morgan fingerprint density at radius 1 is 0.930 bits per heavy atom. The number of amides is 2. The number of carbonyl (C=O) groups is 1. The van der Waals surface area contributed by atoms with E-state index in [1.807, 2.05) is 45.9 Å². The second kappa shape index (κ2) is 13.7. The lowest BCUT2D eigenvalue weighted by molar-refractivity contribution is 0.0876. The maximum absolute atomic E-state index is 13.6. The predicted octanol–water partition coefficient (Wildman–Crippen LogP) is 5.47. The summed E-state index contributed by atoms with van der Waals surface area (Å²) in [5, 5.41) is 13.6. The summed E-state index contributed by atoms with van der Waals surface area (Å²) >= 11 is 6.94. The average molecular weight is 719 g/mol. The van der Waals surface area contributed by atoms with Crippen molar-refractivity contribution in [3.05, 3.63) is 61.4 Å². The number of carbonyl (C=O) groups excluding carboxylic acids is 1. The minimum Gasteiger partial charge on any atom is -0.506 e. The van der Waals surface area contributed by atoms with Gasteiger partial charge in [0.05, 0.1) is 20.0 Å². The van der Waals surface area contributed by atoms with E-state index in [1.165, 1.54) is 45.2 Å². The van der Waals surface area contributed by atoms with Gasteiger partial charge in [0, 0.05) is 37.8 Å². The van der Waals surface area contributed by atoms with Crippen molar-refractivity contribution in [2.24, 2.45) is 0 Å². The van der Waals surface area contributed by atoms with Gasteiger partial charge in [0.15, 0.2) is 0 Å². The number of rotatable bonds is 7. The lowest BCUT2D eigenvalue weighted by Crippen LogP contribution is -2.54. The highest BCUT2D eigenvalue weighted by Crippen LogP contribution is 2.34. The van der Waals surface area contributed by atoms with E-state index in [2.05, 4.69) is 52.0 Å². The number of aromatic amines is 1. The molecule has 1 unspecified atom stereocenters. The lowest BCUT2D eigenvalue weighted by atomic mass is 9.98. The molecule has 3 N–H and O–H groups in total. The number of fused-ring (bicyclic) bond motifs is 1. The number of phenols is 1. The number of aromatic nitrogens is 2. The molecule has 0 spiro atoms. The van der Waals surface area contributed by atoms with E-state index >= 15 is 0 Å². The van der Waals surface area contributed by atoms with Crippen LogP contribution in [0.3, 0.4) is 0 Å². The number of hydrogen-bond donors (Lipinski definition) is 3. The molecule has 11 heteroatoms. The van der Waals surface area contributed by atoms with Crippen LogP contribution in [0.15, 0.2) is 50.1 Å². The quantitative estimate of drug-likeness (QED) is 0.302. The molecule has 4 heterocycles. The van der Waals surface area contributed by atoms with Crippen LogP contribution in [0, 0.1) is 0 Å². The summed E-state index contributed by atoms with van der Waals surface area (Å²) < 4.78 is 3.14. The summed E-state index contributed by atoms with van der Waals surface area (Å²) in [5.41, 5.74) is 2.73. The molecule has 232 valence electrons. The average Bonchev–Trinajstić information content (AvgIpc) is 3.36. The molecule has 0 bridgehead atoms. The van der Waals surface area contributed by atoms with Crippen molar-refractivity contribution in [3.63, 3.8) is 0 Å². The SMILES string of the molecule is O=C(NC(Cc1cc(Br)c(O)c(Br)c1)CN1CCC(N2CCCCC2)CC1)N1CCC(n2c(=O)[nH]c3ccccc32)CC1. The lowest BCUT2D eigenvalue weighted by Gasteiger charge is -2.41. The monoisotopic (exact) mass is 716 g/mol. The number of hydrogen-bond acceptors (Lipinski definition) is 5. The maximum atomic E-state index is 13.6. The molecule has 3 aliphatic rings. The van der Waals surface area contributed by atoms with E-state index in [0.29, 0.717) is 34.5 Å². The second-order valence-electron chi connectivity index (χ2n) is 12.4. The Hall–Kier alpha value is -2.34. The number of likely N-dealkylation sites (tertiary alicyclic amines) is 3. The van der Waals surface area contributed by atoms with Crippen molar-refractivity contribution in [1.82, 2.24) is 29.6 Å². The van der Waals surface area contributed by atoms with Crippen LogP contribution >= 0.6 is 31.9 Å². The molecule has 1 aromatic heterocycles. The fourth-order valence-corrected chi connectivity index (χ4v) is 8.55. The molecule has 3 aromatic rings. The minimum atomic E-state index is -0.0838. The number of para-hydroxylation sites is 2. The number of benzene rings is 2. The third-order valence-corrected chi connectivity index (χ3v) is 10.8. The number of halogens is 2. The number of nitrogens with zero attached hydrogens (tertiary/aromatic N) is 4. The summed E-state index contributed by atoms with van der Waals surface area (Å²) in [7, 11) is 0. The Bertz CT molecular complexity index is 1450. The molecule has 9 nitrogen and oxygen atoms in total. The van der Waals surface area contributed by atoms with Gasteiger partial charge in [0.1, 0.15) is 5.75 Å². The van der Waals surface area contributed by atoms with Gasteiger partial charge in [-0.2, -0.15) is 0 Å². The Morgan fingerprint density at radius 3 is 2.28 bits per heavy atom. The van der Waals surface area contributed by atoms with Crippen molar-refractivity contribution in [1.29, 1.82) is 0 Å². The van der Waals surface area contributed by atoms with Crippen LogP contribution in [0.2, 0.25) is 0 Å². The minimum absolute atomic E-state index is 0.0464. The summed E-state index contributed by atoms with van der Waals surface area (Å²) in [6.45, 7) is 6.55. The summed E-state index contributed by atoms with van der Waals surface area (Å²) in [5.74, 6) is 0.182. The van der Waals surface area contributed by atoms with Gasteiger partial charge in [-0.15, -0.1) is 0 Å². The first-order valence-corrected chi connectivity index (χ1v) is 17.3. The number of aromatic hydroxyl groups is 1. The van der Waals surface area contributed by atoms with Crippen LogP contribution in [0.4, 0.5) is 4.79 Å². The first kappa shape index (κ1) is 30.7. The van der Waals surface area contributed by atoms with Crippen molar-refractivity contribution in [3.8, 4) is 5.75 Å². The van der Waals surface area contributed by atoms with Crippen LogP contribution in [-0.2, 0) is 6.42 Å². The smallest absolute Gasteiger partial charge is 0.326 e. The molecule has 6 rings (SSSR count). The van der Waals surface area contributed by atoms with Crippen LogP contribution in [0.25, 0.3) is 11.0 Å². The van der Waals surface area contributed by atoms with Gasteiger partial charge in [0.25, 0.3) is 0 Å². The number of H-pyrrole nitrogens is 1. The van der Waals surface area contributed by atoms with Crippen LogP contribution in [0.1, 0.15) is 56.6 Å².